The van der Waals surface area contributed by atoms with Crippen LogP contribution < -0.4 is 5.32 Å². The molecule has 0 fully saturated rings. The number of hydrogen-bond acceptors (Lipinski definition) is 7. The van der Waals surface area contributed by atoms with E-state index in [4.69, 9.17) is 14.2 Å². The minimum atomic E-state index is -8.78. The summed E-state index contributed by atoms with van der Waals surface area (Å²) in [5.74, 6) is -59.2. The van der Waals surface area contributed by atoms with E-state index in [-0.39, 0.29) is 10.0 Å². The van der Waals surface area contributed by atoms with Gasteiger partial charge in [-0.25, -0.2) is 14.4 Å². The molecule has 10 nitrogen and oxygen atoms in total. The summed E-state index contributed by atoms with van der Waals surface area (Å²) in [6.07, 6.45) is -17.5. The van der Waals surface area contributed by atoms with E-state index in [9.17, 15) is 93.8 Å². The number of halogens is 17. The quantitative estimate of drug-likeness (QED) is 0.0902. The van der Waals surface area contributed by atoms with Gasteiger partial charge in [-0.15, -0.1) is 5.01 Å². The highest BCUT2D eigenvalue weighted by molar-refractivity contribution is 5.92. The van der Waals surface area contributed by atoms with Crippen molar-refractivity contribution in [3.63, 3.8) is 0 Å². The first-order valence-corrected chi connectivity index (χ1v) is 15.0. The summed E-state index contributed by atoms with van der Waals surface area (Å²) < 4.78 is 245. The van der Waals surface area contributed by atoms with Gasteiger partial charge in [-0.1, -0.05) is 0 Å². The lowest BCUT2D eigenvalue weighted by Crippen LogP contribution is -2.74. The van der Waals surface area contributed by atoms with Crippen LogP contribution in [0.25, 0.3) is 0 Å². The molecular weight excluding hydrogens is 813 g/mol. The van der Waals surface area contributed by atoms with Gasteiger partial charge in [0.25, 0.3) is 0 Å². The van der Waals surface area contributed by atoms with Crippen LogP contribution in [0.5, 0.6) is 0 Å². The molecule has 0 aromatic rings. The van der Waals surface area contributed by atoms with E-state index in [1.807, 2.05) is 0 Å². The second kappa shape index (κ2) is 15.7. The number of ether oxygens (including phenoxy) is 3. The predicted molar refractivity (Wildman–Crippen MR) is 150 cm³/mol. The molecule has 0 aromatic carbocycles. The molecule has 0 rings (SSSR count). The van der Waals surface area contributed by atoms with Gasteiger partial charge in [-0.2, -0.15) is 79.6 Å². The van der Waals surface area contributed by atoms with Crippen LogP contribution >= 0.6 is 0 Å². The lowest BCUT2D eigenvalue weighted by atomic mass is 9.88. The predicted octanol–water partition coefficient (Wildman–Crippen LogP) is 9.22. The van der Waals surface area contributed by atoms with E-state index in [0.29, 0.717) is 0 Å². The molecule has 0 aliphatic carbocycles. The number of carbonyl (C=O) groups is 4. The zero-order chi connectivity index (χ0) is 44.6. The number of imide groups is 1. The van der Waals surface area contributed by atoms with Crippen molar-refractivity contribution < 1.29 is 108 Å². The Morgan fingerprint density at radius 2 is 0.782 bits per heavy atom. The van der Waals surface area contributed by atoms with Crippen LogP contribution in [0, 0.1) is 0 Å². The van der Waals surface area contributed by atoms with Gasteiger partial charge in [0.2, 0.25) is 5.91 Å². The lowest BCUT2D eigenvalue weighted by Gasteiger charge is -2.42. The van der Waals surface area contributed by atoms with E-state index >= 15 is 0 Å². The number of carbonyl (C=O) groups excluding carboxylic acids is 4. The molecule has 0 radical (unpaired) electrons. The van der Waals surface area contributed by atoms with Gasteiger partial charge in [0, 0.05) is 13.0 Å². The van der Waals surface area contributed by atoms with Crippen molar-refractivity contribution in [3.8, 4) is 0 Å². The Kier molecular flexibility index (Phi) is 14.6. The zero-order valence-electron chi connectivity index (χ0n) is 30.0. The third-order valence-electron chi connectivity index (χ3n) is 6.05. The summed E-state index contributed by atoms with van der Waals surface area (Å²) in [6, 6.07) is 0. The fraction of sp³-hybridized carbons (Fsp3) is 0.857. The van der Waals surface area contributed by atoms with Gasteiger partial charge in [-0.05, 0) is 68.7 Å². The Morgan fingerprint density at radius 1 is 0.473 bits per heavy atom. The van der Waals surface area contributed by atoms with Crippen molar-refractivity contribution in [2.75, 3.05) is 13.1 Å². The summed E-state index contributed by atoms with van der Waals surface area (Å²) in [6.45, 7) is 8.53. The van der Waals surface area contributed by atoms with Crippen LogP contribution in [0.1, 0.15) is 75.2 Å². The summed E-state index contributed by atoms with van der Waals surface area (Å²) in [5.41, 5.74) is -4.25. The average Bonchev–Trinajstić information content (AvgIpc) is 2.90. The molecule has 0 aliphatic heterocycles. The molecule has 0 saturated carbocycles. The first-order valence-electron chi connectivity index (χ1n) is 15.0. The van der Waals surface area contributed by atoms with E-state index in [1.54, 1.807) is 5.32 Å². The molecule has 0 saturated heterocycles. The molecule has 55 heavy (non-hydrogen) atoms. The second-order valence-corrected chi connectivity index (χ2v) is 14.4. The van der Waals surface area contributed by atoms with Gasteiger partial charge >= 0.3 is 65.9 Å². The van der Waals surface area contributed by atoms with Gasteiger partial charge in [-0.3, -0.25) is 4.79 Å². The summed E-state index contributed by atoms with van der Waals surface area (Å²) in [4.78, 5) is 51.6. The van der Waals surface area contributed by atoms with E-state index in [2.05, 4.69) is 0 Å². The Balaban J connectivity index is 6.42. The highest BCUT2D eigenvalue weighted by Gasteiger charge is 2.95. The van der Waals surface area contributed by atoms with Crippen LogP contribution in [0.3, 0.4) is 0 Å². The zero-order valence-corrected chi connectivity index (χ0v) is 30.0. The van der Waals surface area contributed by atoms with E-state index in [1.165, 1.54) is 62.3 Å². The molecule has 0 spiro atoms. The van der Waals surface area contributed by atoms with Gasteiger partial charge in [0.15, 0.2) is 0 Å². The first kappa shape index (κ1) is 51.3. The molecular formula is C28H36F17N3O7. The second-order valence-electron chi connectivity index (χ2n) is 14.4. The smallest absolute Gasteiger partial charge is 0.442 e. The van der Waals surface area contributed by atoms with E-state index in [0.717, 1.165) is 0 Å². The molecule has 0 aromatic heterocycles. The molecule has 1 N–H and O–H groups in total. The van der Waals surface area contributed by atoms with Crippen molar-refractivity contribution >= 4 is 24.2 Å². The van der Waals surface area contributed by atoms with Crippen LogP contribution in [0.2, 0.25) is 0 Å². The largest absolute Gasteiger partial charge is 0.460 e. The number of hydrazine groups is 1. The minimum Gasteiger partial charge on any atom is -0.442 e. The Morgan fingerprint density at radius 3 is 1.11 bits per heavy atom. The summed E-state index contributed by atoms with van der Waals surface area (Å²) in [5, 5.41) is 1.33. The van der Waals surface area contributed by atoms with Gasteiger partial charge < -0.3 is 19.5 Å². The monoisotopic (exact) mass is 849 g/mol. The topological polar surface area (TPSA) is 114 Å². The third kappa shape index (κ3) is 11.2. The van der Waals surface area contributed by atoms with Gasteiger partial charge in [0.1, 0.15) is 23.3 Å². The molecule has 324 valence electrons. The minimum absolute atomic E-state index is 0.0631. The van der Waals surface area contributed by atoms with Crippen LogP contribution in [-0.2, 0) is 19.0 Å². The highest BCUT2D eigenvalue weighted by atomic mass is 19.4. The number of hydrogen-bond donors (Lipinski definition) is 1. The fourth-order valence-electron chi connectivity index (χ4n) is 3.50. The normalized spacial score (nSPS) is 14.6. The highest BCUT2D eigenvalue weighted by Crippen LogP contribution is 2.64. The maximum atomic E-state index is 14.3. The lowest BCUT2D eigenvalue weighted by molar-refractivity contribution is -0.461. The number of rotatable bonds is 12. The molecule has 0 heterocycles. The Labute approximate surface area is 300 Å². The Bertz CT molecular complexity index is 1370. The number of nitrogens with one attached hydrogen (secondary N) is 1. The molecule has 0 atom stereocenters. The fourth-order valence-corrected chi connectivity index (χ4v) is 3.50. The molecule has 27 heteroatoms. The average molecular weight is 850 g/mol. The van der Waals surface area contributed by atoms with Crippen molar-refractivity contribution in [2.24, 2.45) is 0 Å². The number of nitrogens with zero attached hydrogens (tertiary/aromatic N) is 2. The standard InChI is InChI=1S/C28H36F17N3O7/c1-18(2,3)53-15(50)47(48(16(51)54-19(4,5)6)17(52)55-20(7,8)9)13-14(49)46-12-10-11-21(29,30)22(31,32)23(33,34)24(35,36)25(37,38)26(39,40)27(41,42)28(43,44)45/h10-13H2,1-9H3,(H,46,49). The number of alkyl halides is 17. The van der Waals surface area contributed by atoms with E-state index < -0.39 is 115 Å². The maximum absolute atomic E-state index is 14.3. The summed E-state index contributed by atoms with van der Waals surface area (Å²) in [7, 11) is 0. The van der Waals surface area contributed by atoms with Crippen molar-refractivity contribution in [3.05, 3.63) is 0 Å². The molecule has 4 amide bonds. The van der Waals surface area contributed by atoms with Crippen LogP contribution in [0.15, 0.2) is 0 Å². The molecule has 0 unspecified atom stereocenters. The third-order valence-corrected chi connectivity index (χ3v) is 6.05. The number of amides is 4. The Hall–Kier alpha value is -3.71. The van der Waals surface area contributed by atoms with Crippen molar-refractivity contribution in [2.45, 2.75) is 140 Å². The van der Waals surface area contributed by atoms with Crippen molar-refractivity contribution in [1.29, 1.82) is 0 Å². The van der Waals surface area contributed by atoms with Gasteiger partial charge in [0.05, 0.1) is 0 Å². The maximum Gasteiger partial charge on any atom is 0.460 e. The van der Waals surface area contributed by atoms with Crippen LogP contribution in [0.4, 0.5) is 89.0 Å². The molecule has 0 aliphatic rings. The van der Waals surface area contributed by atoms with Crippen LogP contribution in [-0.4, -0.2) is 112 Å². The summed E-state index contributed by atoms with van der Waals surface area (Å²) >= 11 is 0. The SMILES string of the molecule is CC(C)(C)OC(=O)N(CC(=O)NCCCC(F)(F)C(F)(F)C(F)(F)C(F)(F)C(F)(F)C(F)(F)C(F)(F)C(F)(F)F)N(C(=O)OC(C)(C)C)C(=O)OC(C)(C)C. The molecule has 0 bridgehead atoms. The van der Waals surface area contributed by atoms with Crippen molar-refractivity contribution in [1.82, 2.24) is 15.3 Å². The first-order chi connectivity index (χ1) is 23.8.